The fourth-order valence-electron chi connectivity index (χ4n) is 0.721. The molecule has 0 aromatic rings. The fourth-order valence-corrected chi connectivity index (χ4v) is 0.721. The van der Waals surface area contributed by atoms with Gasteiger partial charge in [0.25, 0.3) is 0 Å². The number of nitrogens with zero attached hydrogens (tertiary/aromatic N) is 1. The van der Waals surface area contributed by atoms with Gasteiger partial charge in [-0.2, -0.15) is 5.10 Å². The van der Waals surface area contributed by atoms with Crippen molar-refractivity contribution < 1.29 is 4.39 Å². The molecule has 4 nitrogen and oxygen atoms in total. The molecule has 0 atom stereocenters. The first kappa shape index (κ1) is 8.83. The minimum absolute atomic E-state index is 0.196. The summed E-state index contributed by atoms with van der Waals surface area (Å²) < 4.78 is 12.5. The summed E-state index contributed by atoms with van der Waals surface area (Å²) in [6.07, 6.45) is 3.23. The Morgan fingerprint density at radius 2 is 2.33 bits per heavy atom. The summed E-state index contributed by atoms with van der Waals surface area (Å²) in [5.74, 6) is -0.206. The molecule has 0 aliphatic heterocycles. The van der Waals surface area contributed by atoms with Gasteiger partial charge in [0.1, 0.15) is 0 Å². The first-order valence-electron chi connectivity index (χ1n) is 3.88. The molecule has 0 heterocycles. The van der Waals surface area contributed by atoms with Gasteiger partial charge in [0.2, 0.25) is 0 Å². The molecule has 12 heavy (non-hydrogen) atoms. The summed E-state index contributed by atoms with van der Waals surface area (Å²) in [4.78, 5) is 0. The first-order chi connectivity index (χ1) is 5.74. The van der Waals surface area contributed by atoms with E-state index in [9.17, 15) is 4.39 Å². The highest BCUT2D eigenvalue weighted by Gasteiger charge is 2.20. The van der Waals surface area contributed by atoms with Crippen molar-refractivity contribution in [2.45, 2.75) is 12.8 Å². The lowest BCUT2D eigenvalue weighted by Crippen LogP contribution is -2.20. The number of hydrogen-bond acceptors (Lipinski definition) is 3. The van der Waals surface area contributed by atoms with E-state index in [0.717, 1.165) is 12.7 Å². The Labute approximate surface area is 70.5 Å². The van der Waals surface area contributed by atoms with Crippen molar-refractivity contribution in [3.05, 3.63) is 12.0 Å². The topological polar surface area (TPSA) is 76.4 Å². The van der Waals surface area contributed by atoms with Gasteiger partial charge in [0.15, 0.2) is 11.7 Å². The highest BCUT2D eigenvalue weighted by molar-refractivity contribution is 5.94. The van der Waals surface area contributed by atoms with E-state index in [4.69, 9.17) is 11.5 Å². The molecule has 5 N–H and O–H groups in total. The maximum absolute atomic E-state index is 12.5. The highest BCUT2D eigenvalue weighted by atomic mass is 19.1. The van der Waals surface area contributed by atoms with Crippen LogP contribution in [0.2, 0.25) is 0 Å². The Hall–Kier alpha value is -1.26. The zero-order chi connectivity index (χ0) is 8.97. The SMILES string of the molecule is NC=C(F)C(N)=NNCC1CC1. The molecule has 0 unspecified atom stereocenters. The van der Waals surface area contributed by atoms with Gasteiger partial charge in [-0.25, -0.2) is 4.39 Å². The Morgan fingerprint density at radius 3 is 2.83 bits per heavy atom. The molecule has 0 bridgehead atoms. The highest BCUT2D eigenvalue weighted by Crippen LogP contribution is 2.27. The Kier molecular flexibility index (Phi) is 2.90. The van der Waals surface area contributed by atoms with Crippen LogP contribution < -0.4 is 16.9 Å². The molecule has 0 aromatic carbocycles. The minimum Gasteiger partial charge on any atom is -0.402 e. The summed E-state index contributed by atoms with van der Waals surface area (Å²) >= 11 is 0. The molecular weight excluding hydrogens is 159 g/mol. The van der Waals surface area contributed by atoms with E-state index >= 15 is 0 Å². The molecule has 0 radical (unpaired) electrons. The molecular formula is C7H13FN4. The average molecular weight is 172 g/mol. The molecule has 0 amide bonds. The Morgan fingerprint density at radius 1 is 1.67 bits per heavy atom. The summed E-state index contributed by atoms with van der Waals surface area (Å²) in [7, 11) is 0. The van der Waals surface area contributed by atoms with E-state index in [0.29, 0.717) is 5.92 Å². The van der Waals surface area contributed by atoms with Gasteiger partial charge in [0.05, 0.1) is 0 Å². The largest absolute Gasteiger partial charge is 0.402 e. The monoisotopic (exact) mass is 172 g/mol. The first-order valence-corrected chi connectivity index (χ1v) is 3.88. The van der Waals surface area contributed by atoms with Crippen molar-refractivity contribution in [3.63, 3.8) is 0 Å². The molecule has 5 heteroatoms. The van der Waals surface area contributed by atoms with Crippen LogP contribution in [0, 0.1) is 5.92 Å². The van der Waals surface area contributed by atoms with E-state index in [1.807, 2.05) is 0 Å². The maximum Gasteiger partial charge on any atom is 0.182 e. The normalized spacial score (nSPS) is 19.4. The molecule has 1 fully saturated rings. The van der Waals surface area contributed by atoms with Crippen molar-refractivity contribution in [2.24, 2.45) is 22.5 Å². The van der Waals surface area contributed by atoms with Crippen LogP contribution in [0.3, 0.4) is 0 Å². The molecule has 0 saturated heterocycles. The van der Waals surface area contributed by atoms with Gasteiger partial charge in [-0.05, 0) is 18.8 Å². The summed E-state index contributed by atoms with van der Waals surface area (Å²) in [6, 6.07) is 0. The van der Waals surface area contributed by atoms with Gasteiger partial charge in [-0.1, -0.05) is 0 Å². The number of hydrogen-bond donors (Lipinski definition) is 3. The Bertz CT molecular complexity index is 207. The number of amidine groups is 1. The van der Waals surface area contributed by atoms with Crippen LogP contribution in [0.25, 0.3) is 0 Å². The number of halogens is 1. The van der Waals surface area contributed by atoms with E-state index in [2.05, 4.69) is 10.5 Å². The van der Waals surface area contributed by atoms with Crippen LogP contribution in [-0.2, 0) is 0 Å². The van der Waals surface area contributed by atoms with Gasteiger partial charge >= 0.3 is 0 Å². The number of rotatable bonds is 4. The summed E-state index contributed by atoms with van der Waals surface area (Å²) in [5.41, 5.74) is 12.8. The fraction of sp³-hybridized carbons (Fsp3) is 0.571. The van der Waals surface area contributed by atoms with Gasteiger partial charge < -0.3 is 16.9 Å². The van der Waals surface area contributed by atoms with Crippen LogP contribution in [-0.4, -0.2) is 12.4 Å². The van der Waals surface area contributed by atoms with Gasteiger partial charge in [-0.15, -0.1) is 0 Å². The summed E-state index contributed by atoms with van der Waals surface area (Å²) in [5, 5.41) is 3.60. The molecule has 68 valence electrons. The third-order valence-corrected chi connectivity index (χ3v) is 1.67. The molecule has 1 aliphatic rings. The van der Waals surface area contributed by atoms with E-state index in [1.165, 1.54) is 12.8 Å². The average Bonchev–Trinajstić information content (AvgIpc) is 2.86. The predicted molar refractivity (Wildman–Crippen MR) is 45.7 cm³/mol. The molecule has 0 spiro atoms. The third kappa shape index (κ3) is 2.77. The lowest BCUT2D eigenvalue weighted by Gasteiger charge is -1.98. The zero-order valence-electron chi connectivity index (χ0n) is 6.76. The van der Waals surface area contributed by atoms with Crippen molar-refractivity contribution >= 4 is 5.84 Å². The second-order valence-corrected chi connectivity index (χ2v) is 2.82. The minimum atomic E-state index is -0.696. The van der Waals surface area contributed by atoms with E-state index < -0.39 is 5.83 Å². The quantitative estimate of drug-likeness (QED) is 0.318. The molecule has 1 saturated carbocycles. The maximum atomic E-state index is 12.5. The van der Waals surface area contributed by atoms with E-state index in [-0.39, 0.29) is 5.84 Å². The van der Waals surface area contributed by atoms with Crippen LogP contribution >= 0.6 is 0 Å². The second kappa shape index (κ2) is 3.94. The van der Waals surface area contributed by atoms with Crippen molar-refractivity contribution in [2.75, 3.05) is 6.54 Å². The lowest BCUT2D eigenvalue weighted by atomic mass is 10.4. The number of nitrogens with one attached hydrogen (secondary N) is 1. The number of hydrazone groups is 1. The van der Waals surface area contributed by atoms with Crippen LogP contribution in [0.4, 0.5) is 4.39 Å². The van der Waals surface area contributed by atoms with Gasteiger partial charge in [0, 0.05) is 12.7 Å². The van der Waals surface area contributed by atoms with Crippen molar-refractivity contribution in [1.82, 2.24) is 5.43 Å². The van der Waals surface area contributed by atoms with Crippen LogP contribution in [0.1, 0.15) is 12.8 Å². The third-order valence-electron chi connectivity index (χ3n) is 1.67. The zero-order valence-corrected chi connectivity index (χ0v) is 6.76. The van der Waals surface area contributed by atoms with Gasteiger partial charge in [-0.3, -0.25) is 0 Å². The molecule has 1 aliphatic carbocycles. The Balaban J connectivity index is 2.23. The lowest BCUT2D eigenvalue weighted by molar-refractivity contribution is 0.648. The standard InChI is InChI=1S/C7H13FN4/c8-6(3-9)7(10)12-11-4-5-1-2-5/h3,5,11H,1-2,4,9H2,(H2,10,12). The predicted octanol–water partition coefficient (Wildman–Crippen LogP) is 0.0278. The van der Waals surface area contributed by atoms with Crippen molar-refractivity contribution in [3.8, 4) is 0 Å². The van der Waals surface area contributed by atoms with Crippen LogP contribution in [0.15, 0.2) is 17.1 Å². The van der Waals surface area contributed by atoms with Crippen LogP contribution in [0.5, 0.6) is 0 Å². The smallest absolute Gasteiger partial charge is 0.182 e. The second-order valence-electron chi connectivity index (χ2n) is 2.82. The van der Waals surface area contributed by atoms with Crippen molar-refractivity contribution in [1.29, 1.82) is 0 Å². The molecule has 0 aromatic heterocycles. The summed E-state index contributed by atoms with van der Waals surface area (Å²) in [6.45, 7) is 0.762. The molecule has 1 rings (SSSR count). The number of nitrogens with two attached hydrogens (primary N) is 2. The van der Waals surface area contributed by atoms with E-state index in [1.54, 1.807) is 0 Å².